The first-order valence-electron chi connectivity index (χ1n) is 7.30. The van der Waals surface area contributed by atoms with E-state index < -0.39 is 0 Å². The fourth-order valence-electron chi connectivity index (χ4n) is 3.29. The molecule has 3 atom stereocenters. The van der Waals surface area contributed by atoms with Crippen LogP contribution in [-0.4, -0.2) is 6.54 Å². The molecule has 1 saturated carbocycles. The van der Waals surface area contributed by atoms with Crippen molar-refractivity contribution in [2.75, 3.05) is 6.54 Å². The quantitative estimate of drug-likeness (QED) is 0.752. The molecular formula is C16H23BrClN. The van der Waals surface area contributed by atoms with Crippen LogP contribution >= 0.6 is 27.5 Å². The first-order chi connectivity index (χ1) is 9.11. The maximum Gasteiger partial charge on any atom is 0.0410 e. The Kier molecular flexibility index (Phi) is 5.73. The molecule has 2 rings (SSSR count). The lowest BCUT2D eigenvalue weighted by Gasteiger charge is -2.34. The molecule has 0 aliphatic heterocycles. The summed E-state index contributed by atoms with van der Waals surface area (Å²) in [6.45, 7) is 5.55. The van der Waals surface area contributed by atoms with Crippen molar-refractivity contribution < 1.29 is 0 Å². The van der Waals surface area contributed by atoms with Gasteiger partial charge in [0.15, 0.2) is 0 Å². The van der Waals surface area contributed by atoms with Gasteiger partial charge in [0, 0.05) is 15.5 Å². The highest BCUT2D eigenvalue weighted by Gasteiger charge is 2.28. The van der Waals surface area contributed by atoms with Gasteiger partial charge in [0.05, 0.1) is 0 Å². The average Bonchev–Trinajstić information content (AvgIpc) is 2.39. The standard InChI is InChI=1S/C16H23BrClN/c1-3-19-16(12-6-4-5-11(2)9-12)14-10-13(18)7-8-15(14)17/h7-8,10-12,16,19H,3-6,9H2,1-2H3. The van der Waals surface area contributed by atoms with Crippen LogP contribution < -0.4 is 5.32 Å². The lowest BCUT2D eigenvalue weighted by molar-refractivity contribution is 0.225. The van der Waals surface area contributed by atoms with Gasteiger partial charge in [0.25, 0.3) is 0 Å². The van der Waals surface area contributed by atoms with Crippen molar-refractivity contribution in [1.29, 1.82) is 0 Å². The zero-order valence-electron chi connectivity index (χ0n) is 11.8. The molecule has 0 amide bonds. The van der Waals surface area contributed by atoms with Crippen LogP contribution in [0.4, 0.5) is 0 Å². The highest BCUT2D eigenvalue weighted by Crippen LogP contribution is 2.39. The number of rotatable bonds is 4. The summed E-state index contributed by atoms with van der Waals surface area (Å²) in [5.74, 6) is 1.57. The second-order valence-corrected chi connectivity index (χ2v) is 7.02. The molecule has 0 radical (unpaired) electrons. The first kappa shape index (κ1) is 15.3. The molecule has 106 valence electrons. The van der Waals surface area contributed by atoms with Gasteiger partial charge in [0.2, 0.25) is 0 Å². The van der Waals surface area contributed by atoms with Crippen LogP contribution in [0.1, 0.15) is 51.1 Å². The Morgan fingerprint density at radius 2 is 2.21 bits per heavy atom. The van der Waals surface area contributed by atoms with Gasteiger partial charge < -0.3 is 5.32 Å². The van der Waals surface area contributed by atoms with E-state index in [1.165, 1.54) is 35.7 Å². The molecule has 1 aromatic rings. The van der Waals surface area contributed by atoms with E-state index in [1.54, 1.807) is 0 Å². The van der Waals surface area contributed by atoms with Crippen LogP contribution in [0.2, 0.25) is 5.02 Å². The molecule has 1 aliphatic carbocycles. The van der Waals surface area contributed by atoms with Crippen molar-refractivity contribution in [1.82, 2.24) is 5.32 Å². The predicted octanol–water partition coefficient (Wildman–Crippen LogP) is 5.58. The fraction of sp³-hybridized carbons (Fsp3) is 0.625. The zero-order valence-corrected chi connectivity index (χ0v) is 14.1. The van der Waals surface area contributed by atoms with Crippen molar-refractivity contribution in [3.05, 3.63) is 33.3 Å². The summed E-state index contributed by atoms with van der Waals surface area (Å²) in [4.78, 5) is 0. The Labute approximate surface area is 130 Å². The smallest absolute Gasteiger partial charge is 0.0410 e. The minimum atomic E-state index is 0.417. The fourth-order valence-corrected chi connectivity index (χ4v) is 3.96. The number of nitrogens with one attached hydrogen (secondary N) is 1. The normalized spacial score (nSPS) is 25.3. The minimum absolute atomic E-state index is 0.417. The molecule has 0 saturated heterocycles. The summed E-state index contributed by atoms with van der Waals surface area (Å²) in [5, 5.41) is 4.49. The van der Waals surface area contributed by atoms with Crippen molar-refractivity contribution in [2.45, 2.75) is 45.6 Å². The van der Waals surface area contributed by atoms with Crippen molar-refractivity contribution in [2.24, 2.45) is 11.8 Å². The Balaban J connectivity index is 2.25. The van der Waals surface area contributed by atoms with Crippen LogP contribution in [0.25, 0.3) is 0 Å². The molecule has 1 aromatic carbocycles. The Hall–Kier alpha value is -0.0500. The minimum Gasteiger partial charge on any atom is -0.310 e. The van der Waals surface area contributed by atoms with E-state index in [0.29, 0.717) is 6.04 Å². The van der Waals surface area contributed by atoms with Crippen LogP contribution in [0.5, 0.6) is 0 Å². The van der Waals surface area contributed by atoms with Crippen LogP contribution in [0.3, 0.4) is 0 Å². The molecule has 1 nitrogen and oxygen atoms in total. The predicted molar refractivity (Wildman–Crippen MR) is 86.7 cm³/mol. The van der Waals surface area contributed by atoms with E-state index in [1.807, 2.05) is 6.07 Å². The molecular weight excluding hydrogens is 322 g/mol. The van der Waals surface area contributed by atoms with Gasteiger partial charge in [-0.1, -0.05) is 54.2 Å². The lowest BCUT2D eigenvalue weighted by atomic mass is 9.76. The molecule has 1 N–H and O–H groups in total. The third-order valence-corrected chi connectivity index (χ3v) is 5.12. The summed E-state index contributed by atoms with van der Waals surface area (Å²) in [6, 6.07) is 6.54. The van der Waals surface area contributed by atoms with Crippen LogP contribution in [-0.2, 0) is 0 Å². The first-order valence-corrected chi connectivity index (χ1v) is 8.47. The van der Waals surface area contributed by atoms with E-state index in [9.17, 15) is 0 Å². The van der Waals surface area contributed by atoms with Crippen molar-refractivity contribution in [3.8, 4) is 0 Å². The molecule has 3 unspecified atom stereocenters. The maximum absolute atomic E-state index is 6.18. The molecule has 0 bridgehead atoms. The maximum atomic E-state index is 6.18. The van der Waals surface area contributed by atoms with E-state index in [-0.39, 0.29) is 0 Å². The van der Waals surface area contributed by atoms with E-state index in [4.69, 9.17) is 11.6 Å². The number of hydrogen-bond acceptors (Lipinski definition) is 1. The third kappa shape index (κ3) is 3.96. The topological polar surface area (TPSA) is 12.0 Å². The highest BCUT2D eigenvalue weighted by molar-refractivity contribution is 9.10. The van der Waals surface area contributed by atoms with E-state index in [0.717, 1.165) is 23.4 Å². The largest absolute Gasteiger partial charge is 0.310 e. The SMILES string of the molecule is CCNC(c1cc(Cl)ccc1Br)C1CCCC(C)C1. The second-order valence-electron chi connectivity index (χ2n) is 5.73. The van der Waals surface area contributed by atoms with Gasteiger partial charge in [-0.2, -0.15) is 0 Å². The molecule has 19 heavy (non-hydrogen) atoms. The number of hydrogen-bond donors (Lipinski definition) is 1. The van der Waals surface area contributed by atoms with Gasteiger partial charge in [-0.25, -0.2) is 0 Å². The summed E-state index contributed by atoms with van der Waals surface area (Å²) in [7, 11) is 0. The van der Waals surface area contributed by atoms with Crippen molar-refractivity contribution in [3.63, 3.8) is 0 Å². The molecule has 0 spiro atoms. The Bertz CT molecular complexity index is 421. The van der Waals surface area contributed by atoms with E-state index >= 15 is 0 Å². The molecule has 0 heterocycles. The Morgan fingerprint density at radius 3 is 2.89 bits per heavy atom. The highest BCUT2D eigenvalue weighted by atomic mass is 79.9. The van der Waals surface area contributed by atoms with Crippen LogP contribution in [0.15, 0.2) is 22.7 Å². The van der Waals surface area contributed by atoms with Gasteiger partial charge in [-0.05, 0) is 55.0 Å². The van der Waals surface area contributed by atoms with E-state index in [2.05, 4.69) is 47.2 Å². The molecule has 3 heteroatoms. The molecule has 1 fully saturated rings. The summed E-state index contributed by atoms with van der Waals surface area (Å²) in [5.41, 5.74) is 1.31. The van der Waals surface area contributed by atoms with Gasteiger partial charge in [-0.3, -0.25) is 0 Å². The summed E-state index contributed by atoms with van der Waals surface area (Å²) >= 11 is 9.86. The monoisotopic (exact) mass is 343 g/mol. The Morgan fingerprint density at radius 1 is 1.42 bits per heavy atom. The number of benzene rings is 1. The second kappa shape index (κ2) is 7.10. The van der Waals surface area contributed by atoms with Gasteiger partial charge in [-0.15, -0.1) is 0 Å². The average molecular weight is 345 g/mol. The van der Waals surface area contributed by atoms with Gasteiger partial charge >= 0.3 is 0 Å². The molecule has 0 aromatic heterocycles. The lowest BCUT2D eigenvalue weighted by Crippen LogP contribution is -2.31. The zero-order chi connectivity index (χ0) is 13.8. The third-order valence-electron chi connectivity index (χ3n) is 4.17. The van der Waals surface area contributed by atoms with Gasteiger partial charge in [0.1, 0.15) is 0 Å². The molecule has 1 aliphatic rings. The summed E-state index contributed by atoms with van der Waals surface area (Å²) in [6.07, 6.45) is 5.37. The van der Waals surface area contributed by atoms with Crippen LogP contribution in [0, 0.1) is 11.8 Å². The number of halogens is 2. The van der Waals surface area contributed by atoms with Crippen molar-refractivity contribution >= 4 is 27.5 Å². The summed E-state index contributed by atoms with van der Waals surface area (Å²) < 4.78 is 1.17.